The van der Waals surface area contributed by atoms with E-state index in [0.29, 0.717) is 15.6 Å². The fourth-order valence-electron chi connectivity index (χ4n) is 1.98. The van der Waals surface area contributed by atoms with E-state index in [1.54, 1.807) is 0 Å². The number of nitrogens with one attached hydrogen (secondary N) is 1. The van der Waals surface area contributed by atoms with Gasteiger partial charge in [0.25, 0.3) is 0 Å². The van der Waals surface area contributed by atoms with E-state index < -0.39 is 6.04 Å². The molecule has 0 saturated heterocycles. The minimum Gasteiger partial charge on any atom is -0.271 e. The predicted octanol–water partition coefficient (Wildman–Crippen LogP) is 3.99. The SMILES string of the molecule is Cc1cccc(C(NN)c2cc(F)ccc2Cl)c1Cl. The highest BCUT2D eigenvalue weighted by Crippen LogP contribution is 2.33. The first-order valence-electron chi connectivity index (χ1n) is 5.70. The van der Waals surface area contributed by atoms with Crippen LogP contribution in [-0.2, 0) is 0 Å². The number of hydrazine groups is 1. The number of benzene rings is 2. The molecule has 5 heteroatoms. The number of aryl methyl sites for hydroxylation is 1. The number of hydrogen-bond donors (Lipinski definition) is 2. The van der Waals surface area contributed by atoms with E-state index in [9.17, 15) is 4.39 Å². The fourth-order valence-corrected chi connectivity index (χ4v) is 2.44. The molecule has 1 unspecified atom stereocenters. The van der Waals surface area contributed by atoms with Gasteiger partial charge in [-0.1, -0.05) is 41.4 Å². The van der Waals surface area contributed by atoms with Crippen LogP contribution in [0.2, 0.25) is 10.0 Å². The Kier molecular flexibility index (Phi) is 4.42. The molecule has 0 saturated carbocycles. The van der Waals surface area contributed by atoms with E-state index in [4.69, 9.17) is 29.0 Å². The highest BCUT2D eigenvalue weighted by molar-refractivity contribution is 6.32. The van der Waals surface area contributed by atoms with Gasteiger partial charge in [-0.05, 0) is 41.8 Å². The van der Waals surface area contributed by atoms with Gasteiger partial charge in [-0.25, -0.2) is 9.82 Å². The average Bonchev–Trinajstić information content (AvgIpc) is 2.39. The molecule has 0 aromatic heterocycles. The van der Waals surface area contributed by atoms with E-state index in [1.807, 2.05) is 25.1 Å². The Balaban J connectivity index is 2.56. The quantitative estimate of drug-likeness (QED) is 0.664. The molecule has 0 bridgehead atoms. The normalized spacial score (nSPS) is 12.5. The summed E-state index contributed by atoms with van der Waals surface area (Å²) in [5.74, 6) is 5.21. The third-order valence-electron chi connectivity index (χ3n) is 2.97. The smallest absolute Gasteiger partial charge is 0.123 e. The molecule has 0 aliphatic rings. The minimum atomic E-state index is -0.462. The van der Waals surface area contributed by atoms with Gasteiger partial charge in [0, 0.05) is 10.0 Å². The molecule has 0 radical (unpaired) electrons. The molecule has 19 heavy (non-hydrogen) atoms. The largest absolute Gasteiger partial charge is 0.271 e. The van der Waals surface area contributed by atoms with Crippen molar-refractivity contribution in [3.05, 3.63) is 69.0 Å². The van der Waals surface area contributed by atoms with Crippen LogP contribution in [0.1, 0.15) is 22.7 Å². The van der Waals surface area contributed by atoms with Crippen LogP contribution in [0.4, 0.5) is 4.39 Å². The molecule has 2 nitrogen and oxygen atoms in total. The van der Waals surface area contributed by atoms with Crippen LogP contribution in [0.3, 0.4) is 0 Å². The topological polar surface area (TPSA) is 38.0 Å². The summed E-state index contributed by atoms with van der Waals surface area (Å²) in [6, 6.07) is 9.29. The van der Waals surface area contributed by atoms with Gasteiger partial charge in [-0.15, -0.1) is 0 Å². The van der Waals surface area contributed by atoms with E-state index in [2.05, 4.69) is 5.43 Å². The lowest BCUT2D eigenvalue weighted by molar-refractivity contribution is 0.605. The Bertz CT molecular complexity index is 600. The van der Waals surface area contributed by atoms with Gasteiger partial charge in [0.2, 0.25) is 0 Å². The second kappa shape index (κ2) is 5.88. The van der Waals surface area contributed by atoms with E-state index in [1.165, 1.54) is 18.2 Å². The summed E-state index contributed by atoms with van der Waals surface area (Å²) < 4.78 is 13.4. The van der Waals surface area contributed by atoms with Crippen LogP contribution in [0, 0.1) is 12.7 Å². The van der Waals surface area contributed by atoms with Crippen molar-refractivity contribution in [3.63, 3.8) is 0 Å². The molecule has 0 spiro atoms. The summed E-state index contributed by atoms with van der Waals surface area (Å²) >= 11 is 12.4. The molecule has 2 aromatic rings. The Morgan fingerprint density at radius 2 is 1.89 bits per heavy atom. The standard InChI is InChI=1S/C14H13Cl2FN2/c1-8-3-2-4-10(13(8)16)14(19-18)11-7-9(17)5-6-12(11)15/h2-7,14,19H,18H2,1H3. The van der Waals surface area contributed by atoms with E-state index in [-0.39, 0.29) is 5.82 Å². The van der Waals surface area contributed by atoms with Crippen LogP contribution in [-0.4, -0.2) is 0 Å². The Morgan fingerprint density at radius 1 is 1.16 bits per heavy atom. The van der Waals surface area contributed by atoms with Crippen LogP contribution in [0.25, 0.3) is 0 Å². The maximum atomic E-state index is 13.4. The minimum absolute atomic E-state index is 0.372. The zero-order chi connectivity index (χ0) is 14.0. The van der Waals surface area contributed by atoms with Crippen LogP contribution in [0.5, 0.6) is 0 Å². The van der Waals surface area contributed by atoms with Gasteiger partial charge in [0.1, 0.15) is 5.82 Å². The summed E-state index contributed by atoms with van der Waals surface area (Å²) in [6.45, 7) is 1.90. The third kappa shape index (κ3) is 2.90. The van der Waals surface area contributed by atoms with Crippen molar-refractivity contribution in [2.24, 2.45) is 5.84 Å². The van der Waals surface area contributed by atoms with Crippen molar-refractivity contribution in [1.82, 2.24) is 5.43 Å². The fraction of sp³-hybridized carbons (Fsp3) is 0.143. The van der Waals surface area contributed by atoms with Crippen LogP contribution < -0.4 is 11.3 Å². The molecule has 3 N–H and O–H groups in total. The monoisotopic (exact) mass is 298 g/mol. The molecule has 2 rings (SSSR count). The maximum absolute atomic E-state index is 13.4. The van der Waals surface area contributed by atoms with Gasteiger partial charge < -0.3 is 0 Å². The maximum Gasteiger partial charge on any atom is 0.123 e. The van der Waals surface area contributed by atoms with E-state index in [0.717, 1.165) is 11.1 Å². The molecule has 100 valence electrons. The van der Waals surface area contributed by atoms with Crippen molar-refractivity contribution in [2.45, 2.75) is 13.0 Å². The van der Waals surface area contributed by atoms with Gasteiger partial charge in [-0.3, -0.25) is 5.84 Å². The first kappa shape index (κ1) is 14.3. The molecule has 0 aliphatic carbocycles. The van der Waals surface area contributed by atoms with Crippen molar-refractivity contribution < 1.29 is 4.39 Å². The highest BCUT2D eigenvalue weighted by Gasteiger charge is 2.19. The number of halogens is 3. The Morgan fingerprint density at radius 3 is 2.58 bits per heavy atom. The zero-order valence-electron chi connectivity index (χ0n) is 10.3. The number of rotatable bonds is 3. The van der Waals surface area contributed by atoms with Crippen molar-refractivity contribution in [3.8, 4) is 0 Å². The Hall–Kier alpha value is -1.13. The summed E-state index contributed by atoms with van der Waals surface area (Å²) in [5, 5.41) is 1.02. The zero-order valence-corrected chi connectivity index (χ0v) is 11.8. The number of hydrogen-bond acceptors (Lipinski definition) is 2. The van der Waals surface area contributed by atoms with Crippen LogP contribution >= 0.6 is 23.2 Å². The molecular weight excluding hydrogens is 286 g/mol. The van der Waals surface area contributed by atoms with Crippen molar-refractivity contribution in [2.75, 3.05) is 0 Å². The third-order valence-corrected chi connectivity index (χ3v) is 3.83. The lowest BCUT2D eigenvalue weighted by Crippen LogP contribution is -2.29. The lowest BCUT2D eigenvalue weighted by atomic mass is 9.97. The number of nitrogens with two attached hydrogens (primary N) is 1. The van der Waals surface area contributed by atoms with Gasteiger partial charge in [0.15, 0.2) is 0 Å². The first-order chi connectivity index (χ1) is 9.04. The summed E-state index contributed by atoms with van der Waals surface area (Å²) in [4.78, 5) is 0. The predicted molar refractivity (Wildman–Crippen MR) is 76.8 cm³/mol. The van der Waals surface area contributed by atoms with Crippen molar-refractivity contribution >= 4 is 23.2 Å². The molecule has 0 aliphatic heterocycles. The Labute approximate surface area is 121 Å². The van der Waals surface area contributed by atoms with Gasteiger partial charge in [0.05, 0.1) is 6.04 Å². The summed E-state index contributed by atoms with van der Waals surface area (Å²) in [6.07, 6.45) is 0. The second-order valence-electron chi connectivity index (χ2n) is 4.24. The van der Waals surface area contributed by atoms with Crippen LogP contribution in [0.15, 0.2) is 36.4 Å². The lowest BCUT2D eigenvalue weighted by Gasteiger charge is -2.20. The molecule has 2 aromatic carbocycles. The average molecular weight is 299 g/mol. The summed E-state index contributed by atoms with van der Waals surface area (Å²) in [5.41, 5.74) is 4.87. The molecular formula is C14H13Cl2FN2. The summed E-state index contributed by atoms with van der Waals surface area (Å²) in [7, 11) is 0. The molecule has 1 atom stereocenters. The van der Waals surface area contributed by atoms with Gasteiger partial charge in [-0.2, -0.15) is 0 Å². The van der Waals surface area contributed by atoms with Crippen molar-refractivity contribution in [1.29, 1.82) is 0 Å². The second-order valence-corrected chi connectivity index (χ2v) is 5.03. The molecule has 0 fully saturated rings. The molecule has 0 amide bonds. The molecule has 0 heterocycles. The highest BCUT2D eigenvalue weighted by atomic mass is 35.5. The first-order valence-corrected chi connectivity index (χ1v) is 6.46. The van der Waals surface area contributed by atoms with Gasteiger partial charge >= 0.3 is 0 Å². The van der Waals surface area contributed by atoms with E-state index >= 15 is 0 Å².